The van der Waals surface area contributed by atoms with Gasteiger partial charge in [-0.2, -0.15) is 0 Å². The summed E-state index contributed by atoms with van der Waals surface area (Å²) in [5.74, 6) is 0.488. The van der Waals surface area contributed by atoms with Gasteiger partial charge < -0.3 is 9.15 Å². The van der Waals surface area contributed by atoms with Crippen LogP contribution in [0, 0.1) is 5.41 Å². The standard InChI is InChI=1S/C17H15NO4S/c1-2-21-14-10-6-7-12-11-15(17(18)22-16(12)14)23(19,20)13-8-4-3-5-9-13/h3-11,18H,2H2,1H3. The molecule has 0 aliphatic heterocycles. The molecule has 0 aliphatic rings. The van der Waals surface area contributed by atoms with E-state index < -0.39 is 15.4 Å². The van der Waals surface area contributed by atoms with Gasteiger partial charge in [-0.05, 0) is 31.2 Å². The zero-order chi connectivity index (χ0) is 16.4. The highest BCUT2D eigenvalue weighted by atomic mass is 32.2. The SMILES string of the molecule is CCOc1cccc2cc(S(=O)(=O)c3ccccc3)c(=N)oc12. The van der Waals surface area contributed by atoms with Crippen LogP contribution >= 0.6 is 0 Å². The lowest BCUT2D eigenvalue weighted by Crippen LogP contribution is -2.14. The van der Waals surface area contributed by atoms with E-state index in [4.69, 9.17) is 14.6 Å². The van der Waals surface area contributed by atoms with Crippen LogP contribution in [0.4, 0.5) is 0 Å². The van der Waals surface area contributed by atoms with Crippen molar-refractivity contribution in [3.63, 3.8) is 0 Å². The second-order valence-corrected chi connectivity index (χ2v) is 6.78. The topological polar surface area (TPSA) is 80.4 Å². The Morgan fingerprint density at radius 3 is 2.52 bits per heavy atom. The van der Waals surface area contributed by atoms with Gasteiger partial charge in [0.2, 0.25) is 15.4 Å². The molecule has 3 aromatic rings. The van der Waals surface area contributed by atoms with Gasteiger partial charge >= 0.3 is 0 Å². The van der Waals surface area contributed by atoms with Crippen LogP contribution in [0.2, 0.25) is 0 Å². The van der Waals surface area contributed by atoms with Gasteiger partial charge in [-0.25, -0.2) is 8.42 Å². The van der Waals surface area contributed by atoms with Crippen LogP contribution in [0.15, 0.2) is 68.8 Å². The molecule has 2 aromatic carbocycles. The highest BCUT2D eigenvalue weighted by molar-refractivity contribution is 7.91. The molecule has 5 nitrogen and oxygen atoms in total. The van der Waals surface area contributed by atoms with Crippen LogP contribution in [0.3, 0.4) is 0 Å². The summed E-state index contributed by atoms with van der Waals surface area (Å²) in [6.45, 7) is 2.29. The number of hydrogen-bond acceptors (Lipinski definition) is 5. The first-order valence-corrected chi connectivity index (χ1v) is 8.56. The molecule has 0 saturated carbocycles. The van der Waals surface area contributed by atoms with Crippen molar-refractivity contribution in [3.8, 4) is 5.75 Å². The van der Waals surface area contributed by atoms with Crippen LogP contribution < -0.4 is 10.3 Å². The van der Waals surface area contributed by atoms with E-state index in [2.05, 4.69) is 0 Å². The summed E-state index contributed by atoms with van der Waals surface area (Å²) in [5, 5.41) is 8.56. The van der Waals surface area contributed by atoms with E-state index in [-0.39, 0.29) is 9.79 Å². The van der Waals surface area contributed by atoms with E-state index in [0.29, 0.717) is 23.3 Å². The van der Waals surface area contributed by atoms with Crippen molar-refractivity contribution in [3.05, 3.63) is 60.2 Å². The molecule has 23 heavy (non-hydrogen) atoms. The molecule has 1 N–H and O–H groups in total. The Hall–Kier alpha value is -2.60. The Balaban J connectivity index is 2.24. The summed E-state index contributed by atoms with van der Waals surface area (Å²) in [6.07, 6.45) is 0. The van der Waals surface area contributed by atoms with E-state index in [1.807, 2.05) is 6.92 Å². The van der Waals surface area contributed by atoms with Crippen molar-refractivity contribution < 1.29 is 17.6 Å². The summed E-state index contributed by atoms with van der Waals surface area (Å²) in [7, 11) is -3.81. The first-order valence-electron chi connectivity index (χ1n) is 7.08. The third-order valence-electron chi connectivity index (χ3n) is 3.37. The molecule has 1 aromatic heterocycles. The molecule has 0 bridgehead atoms. The maximum absolute atomic E-state index is 12.7. The van der Waals surface area contributed by atoms with Crippen LogP contribution in [-0.2, 0) is 9.84 Å². The second-order valence-electron chi connectivity index (χ2n) is 4.86. The molecule has 0 unspecified atom stereocenters. The summed E-state index contributed by atoms with van der Waals surface area (Å²) < 4.78 is 36.3. The molecule has 0 fully saturated rings. The number of ether oxygens (including phenoxy) is 1. The molecule has 1 heterocycles. The Bertz CT molecular complexity index is 1010. The van der Waals surface area contributed by atoms with Crippen molar-refractivity contribution in [2.24, 2.45) is 0 Å². The molecule has 0 amide bonds. The van der Waals surface area contributed by atoms with E-state index in [0.717, 1.165) is 0 Å². The molecule has 3 rings (SSSR count). The largest absolute Gasteiger partial charge is 0.490 e. The van der Waals surface area contributed by atoms with Crippen molar-refractivity contribution in [1.29, 1.82) is 5.41 Å². The number of hydrogen-bond donors (Lipinski definition) is 1. The lowest BCUT2D eigenvalue weighted by molar-refractivity contribution is 0.335. The molecule has 0 atom stereocenters. The average molecular weight is 329 g/mol. The van der Waals surface area contributed by atoms with Crippen molar-refractivity contribution in [2.75, 3.05) is 6.61 Å². The molecular formula is C17H15NO4S. The fourth-order valence-corrected chi connectivity index (χ4v) is 3.65. The van der Waals surface area contributed by atoms with Gasteiger partial charge in [0.25, 0.3) is 0 Å². The first kappa shape index (κ1) is 15.3. The minimum Gasteiger partial charge on any atom is -0.490 e. The minimum atomic E-state index is -3.81. The van der Waals surface area contributed by atoms with Gasteiger partial charge in [0.1, 0.15) is 4.90 Å². The highest BCUT2D eigenvalue weighted by Gasteiger charge is 2.22. The Kier molecular flexibility index (Phi) is 3.92. The highest BCUT2D eigenvalue weighted by Crippen LogP contribution is 2.27. The Labute approximate surface area is 133 Å². The molecule has 0 aliphatic carbocycles. The molecule has 0 radical (unpaired) electrons. The van der Waals surface area contributed by atoms with E-state index in [1.54, 1.807) is 36.4 Å². The van der Waals surface area contributed by atoms with Crippen LogP contribution in [0.5, 0.6) is 5.75 Å². The average Bonchev–Trinajstić information content (AvgIpc) is 2.56. The number of para-hydroxylation sites is 1. The normalized spacial score (nSPS) is 11.5. The van der Waals surface area contributed by atoms with Crippen LogP contribution in [0.1, 0.15) is 6.92 Å². The number of nitrogens with one attached hydrogen (secondary N) is 1. The fraction of sp³-hybridized carbons (Fsp3) is 0.118. The smallest absolute Gasteiger partial charge is 0.231 e. The monoisotopic (exact) mass is 329 g/mol. The van der Waals surface area contributed by atoms with Crippen molar-refractivity contribution >= 4 is 20.8 Å². The summed E-state index contributed by atoms with van der Waals surface area (Å²) >= 11 is 0. The number of rotatable bonds is 4. The fourth-order valence-electron chi connectivity index (χ4n) is 2.31. The van der Waals surface area contributed by atoms with Crippen LogP contribution in [-0.4, -0.2) is 15.0 Å². The van der Waals surface area contributed by atoms with Gasteiger partial charge in [0.15, 0.2) is 11.3 Å². The maximum Gasteiger partial charge on any atom is 0.231 e. The third kappa shape index (κ3) is 2.73. The summed E-state index contributed by atoms with van der Waals surface area (Å²) in [4.78, 5) is -0.0335. The maximum atomic E-state index is 12.7. The minimum absolute atomic E-state index is 0.129. The molecular weight excluding hydrogens is 314 g/mol. The van der Waals surface area contributed by atoms with E-state index in [9.17, 15) is 8.42 Å². The zero-order valence-corrected chi connectivity index (χ0v) is 13.3. The lowest BCUT2D eigenvalue weighted by Gasteiger charge is -2.09. The van der Waals surface area contributed by atoms with Gasteiger partial charge in [-0.3, -0.25) is 5.41 Å². The quantitative estimate of drug-likeness (QED) is 0.797. The first-order chi connectivity index (χ1) is 11.0. The number of sulfone groups is 1. The predicted molar refractivity (Wildman–Crippen MR) is 85.1 cm³/mol. The van der Waals surface area contributed by atoms with Gasteiger partial charge in [-0.1, -0.05) is 30.3 Å². The van der Waals surface area contributed by atoms with E-state index >= 15 is 0 Å². The van der Waals surface area contributed by atoms with Crippen molar-refractivity contribution in [2.45, 2.75) is 16.7 Å². The predicted octanol–water partition coefficient (Wildman–Crippen LogP) is 3.14. The van der Waals surface area contributed by atoms with Crippen molar-refractivity contribution in [1.82, 2.24) is 0 Å². The molecule has 6 heteroatoms. The second kappa shape index (κ2) is 5.89. The van der Waals surface area contributed by atoms with Gasteiger partial charge in [-0.15, -0.1) is 0 Å². The number of fused-ring (bicyclic) bond motifs is 1. The van der Waals surface area contributed by atoms with Gasteiger partial charge in [0, 0.05) is 5.39 Å². The molecule has 118 valence electrons. The number of benzene rings is 2. The van der Waals surface area contributed by atoms with Crippen LogP contribution in [0.25, 0.3) is 11.0 Å². The Morgan fingerprint density at radius 1 is 1.09 bits per heavy atom. The summed E-state index contributed by atoms with van der Waals surface area (Å²) in [6, 6.07) is 14.7. The molecule has 0 saturated heterocycles. The zero-order valence-electron chi connectivity index (χ0n) is 12.4. The third-order valence-corrected chi connectivity index (χ3v) is 5.14. The lowest BCUT2D eigenvalue weighted by atomic mass is 10.2. The molecule has 0 spiro atoms. The summed E-state index contributed by atoms with van der Waals surface area (Å²) in [5.41, 5.74) is -0.0418. The Morgan fingerprint density at radius 2 is 1.83 bits per heavy atom. The van der Waals surface area contributed by atoms with Gasteiger partial charge in [0.05, 0.1) is 11.5 Å². The van der Waals surface area contributed by atoms with E-state index in [1.165, 1.54) is 18.2 Å².